The Morgan fingerprint density at radius 1 is 1.20 bits per heavy atom. The second kappa shape index (κ2) is 7.83. The third-order valence-corrected chi connectivity index (χ3v) is 4.07. The van der Waals surface area contributed by atoms with Gasteiger partial charge in [-0.25, -0.2) is 5.10 Å². The Hall–Kier alpha value is -2.83. The SMILES string of the molecule is CCOc1ccccc1OC1CCN(C(=O)c2ccc(=O)[nH]n2)CC1. The highest BCUT2D eigenvalue weighted by Crippen LogP contribution is 2.29. The molecule has 1 saturated heterocycles. The number of aromatic nitrogens is 2. The lowest BCUT2D eigenvalue weighted by Gasteiger charge is -2.32. The third-order valence-electron chi connectivity index (χ3n) is 4.07. The number of amides is 1. The van der Waals surface area contributed by atoms with Gasteiger partial charge in [0.2, 0.25) is 0 Å². The van der Waals surface area contributed by atoms with Crippen molar-refractivity contribution in [3.8, 4) is 11.5 Å². The molecule has 0 aliphatic carbocycles. The lowest BCUT2D eigenvalue weighted by molar-refractivity contribution is 0.0583. The summed E-state index contributed by atoms with van der Waals surface area (Å²) in [6, 6.07) is 10.4. The van der Waals surface area contributed by atoms with Gasteiger partial charge in [0.1, 0.15) is 11.8 Å². The number of carbonyl (C=O) groups is 1. The van der Waals surface area contributed by atoms with Crippen molar-refractivity contribution < 1.29 is 14.3 Å². The van der Waals surface area contributed by atoms with Gasteiger partial charge in [0.05, 0.1) is 6.61 Å². The normalized spacial score (nSPS) is 15.0. The molecule has 1 N–H and O–H groups in total. The van der Waals surface area contributed by atoms with E-state index in [1.807, 2.05) is 31.2 Å². The fourth-order valence-corrected chi connectivity index (χ4v) is 2.80. The van der Waals surface area contributed by atoms with Crippen LogP contribution in [0.5, 0.6) is 11.5 Å². The van der Waals surface area contributed by atoms with E-state index >= 15 is 0 Å². The molecule has 0 atom stereocenters. The van der Waals surface area contributed by atoms with Crippen molar-refractivity contribution in [3.05, 3.63) is 52.4 Å². The molecule has 2 aromatic rings. The molecule has 7 nitrogen and oxygen atoms in total. The number of hydrogen-bond donors (Lipinski definition) is 1. The molecule has 2 heterocycles. The van der Waals surface area contributed by atoms with Gasteiger partial charge in [-0.05, 0) is 25.1 Å². The maximum absolute atomic E-state index is 12.4. The summed E-state index contributed by atoms with van der Waals surface area (Å²) in [5.74, 6) is 1.29. The summed E-state index contributed by atoms with van der Waals surface area (Å²) in [6.07, 6.45) is 1.50. The van der Waals surface area contributed by atoms with E-state index in [1.165, 1.54) is 12.1 Å². The number of H-pyrrole nitrogens is 1. The van der Waals surface area contributed by atoms with Crippen LogP contribution in [0.15, 0.2) is 41.2 Å². The second-order valence-electron chi connectivity index (χ2n) is 5.80. The fourth-order valence-electron chi connectivity index (χ4n) is 2.80. The Morgan fingerprint density at radius 3 is 2.56 bits per heavy atom. The van der Waals surface area contributed by atoms with E-state index < -0.39 is 0 Å². The molecule has 0 unspecified atom stereocenters. The van der Waals surface area contributed by atoms with Crippen LogP contribution >= 0.6 is 0 Å². The van der Waals surface area contributed by atoms with E-state index in [-0.39, 0.29) is 23.3 Å². The smallest absolute Gasteiger partial charge is 0.274 e. The number of benzene rings is 1. The third kappa shape index (κ3) is 4.17. The Labute approximate surface area is 145 Å². The van der Waals surface area contributed by atoms with Crippen LogP contribution in [0.4, 0.5) is 0 Å². The first-order chi connectivity index (χ1) is 12.2. The molecule has 0 bridgehead atoms. The summed E-state index contributed by atoms with van der Waals surface area (Å²) in [4.78, 5) is 25.2. The maximum atomic E-state index is 12.4. The van der Waals surface area contributed by atoms with Crippen LogP contribution in [0.1, 0.15) is 30.3 Å². The molecule has 0 spiro atoms. The molecule has 1 fully saturated rings. The number of nitrogens with one attached hydrogen (secondary N) is 1. The zero-order valence-corrected chi connectivity index (χ0v) is 14.1. The number of nitrogens with zero attached hydrogens (tertiary/aromatic N) is 2. The number of rotatable bonds is 5. The van der Waals surface area contributed by atoms with Crippen molar-refractivity contribution >= 4 is 5.91 Å². The molecule has 1 amide bonds. The highest BCUT2D eigenvalue weighted by Gasteiger charge is 2.26. The molecule has 3 rings (SSSR count). The Kier molecular flexibility index (Phi) is 5.33. The molecule has 7 heteroatoms. The van der Waals surface area contributed by atoms with Gasteiger partial charge >= 0.3 is 0 Å². The van der Waals surface area contributed by atoms with E-state index in [1.54, 1.807) is 4.90 Å². The minimum Gasteiger partial charge on any atom is -0.490 e. The summed E-state index contributed by atoms with van der Waals surface area (Å²) in [5.41, 5.74) is -0.0720. The van der Waals surface area contributed by atoms with Crippen LogP contribution in [-0.4, -0.2) is 46.8 Å². The monoisotopic (exact) mass is 343 g/mol. The molecule has 1 aliphatic heterocycles. The molecule has 0 saturated carbocycles. The zero-order chi connectivity index (χ0) is 17.6. The van der Waals surface area contributed by atoms with Crippen molar-refractivity contribution in [1.29, 1.82) is 0 Å². The van der Waals surface area contributed by atoms with E-state index in [0.717, 1.165) is 24.3 Å². The van der Waals surface area contributed by atoms with Crippen molar-refractivity contribution in [1.82, 2.24) is 15.1 Å². The van der Waals surface area contributed by atoms with Crippen molar-refractivity contribution in [2.24, 2.45) is 0 Å². The molecular formula is C18H21N3O4. The van der Waals surface area contributed by atoms with Crippen LogP contribution in [0.3, 0.4) is 0 Å². The number of likely N-dealkylation sites (tertiary alicyclic amines) is 1. The van der Waals surface area contributed by atoms with Gasteiger partial charge in [-0.15, -0.1) is 0 Å². The van der Waals surface area contributed by atoms with Crippen molar-refractivity contribution in [2.75, 3.05) is 19.7 Å². The molecule has 1 aromatic heterocycles. The average Bonchev–Trinajstić information content (AvgIpc) is 2.64. The number of hydrogen-bond acceptors (Lipinski definition) is 5. The molecule has 132 valence electrons. The summed E-state index contributed by atoms with van der Waals surface area (Å²) < 4.78 is 11.6. The number of ether oxygens (including phenoxy) is 2. The summed E-state index contributed by atoms with van der Waals surface area (Å²) in [5, 5.41) is 6.08. The van der Waals surface area contributed by atoms with Crippen LogP contribution in [0.25, 0.3) is 0 Å². The number of carbonyl (C=O) groups excluding carboxylic acids is 1. The summed E-state index contributed by atoms with van der Waals surface area (Å²) in [7, 11) is 0. The molecule has 1 aromatic carbocycles. The Morgan fingerprint density at radius 2 is 1.92 bits per heavy atom. The zero-order valence-electron chi connectivity index (χ0n) is 14.1. The highest BCUT2D eigenvalue weighted by atomic mass is 16.5. The summed E-state index contributed by atoms with van der Waals surface area (Å²) >= 11 is 0. The number of aromatic amines is 1. The first-order valence-corrected chi connectivity index (χ1v) is 8.41. The van der Waals surface area contributed by atoms with Crippen LogP contribution in [-0.2, 0) is 0 Å². The number of para-hydroxylation sites is 2. The maximum Gasteiger partial charge on any atom is 0.274 e. The van der Waals surface area contributed by atoms with E-state index in [4.69, 9.17) is 9.47 Å². The average molecular weight is 343 g/mol. The topological polar surface area (TPSA) is 84.5 Å². The van der Waals surface area contributed by atoms with Crippen molar-refractivity contribution in [2.45, 2.75) is 25.9 Å². The first kappa shape index (κ1) is 17.0. The van der Waals surface area contributed by atoms with Crippen LogP contribution in [0, 0.1) is 0 Å². The minimum atomic E-state index is -0.323. The van der Waals surface area contributed by atoms with Crippen molar-refractivity contribution in [3.63, 3.8) is 0 Å². The van der Waals surface area contributed by atoms with Crippen LogP contribution in [0.2, 0.25) is 0 Å². The predicted octanol–water partition coefficient (Wildman–Crippen LogP) is 1.85. The molecule has 25 heavy (non-hydrogen) atoms. The van der Waals surface area contributed by atoms with Crippen LogP contribution < -0.4 is 15.0 Å². The standard InChI is InChI=1S/C18H21N3O4/c1-2-24-15-5-3-4-6-16(15)25-13-9-11-21(12-10-13)18(23)14-7-8-17(22)20-19-14/h3-8,13H,2,9-12H2,1H3,(H,20,22). The van der Waals surface area contributed by atoms with E-state index in [0.29, 0.717) is 19.7 Å². The van der Waals surface area contributed by atoms with Gasteiger partial charge < -0.3 is 14.4 Å². The van der Waals surface area contributed by atoms with Gasteiger partial charge in [0.25, 0.3) is 11.5 Å². The first-order valence-electron chi connectivity index (χ1n) is 8.41. The van der Waals surface area contributed by atoms with Gasteiger partial charge in [-0.3, -0.25) is 9.59 Å². The lowest BCUT2D eigenvalue weighted by Crippen LogP contribution is -2.42. The van der Waals surface area contributed by atoms with E-state index in [9.17, 15) is 9.59 Å². The largest absolute Gasteiger partial charge is 0.490 e. The second-order valence-corrected chi connectivity index (χ2v) is 5.80. The highest BCUT2D eigenvalue weighted by molar-refractivity contribution is 5.92. The van der Waals surface area contributed by atoms with Gasteiger partial charge in [0, 0.05) is 32.0 Å². The molecule has 0 radical (unpaired) electrons. The van der Waals surface area contributed by atoms with Gasteiger partial charge in [0.15, 0.2) is 11.5 Å². The molecular weight excluding hydrogens is 322 g/mol. The predicted molar refractivity (Wildman–Crippen MR) is 92.0 cm³/mol. The Balaban J connectivity index is 1.58. The number of piperidine rings is 1. The quantitative estimate of drug-likeness (QED) is 0.896. The fraction of sp³-hybridized carbons (Fsp3) is 0.389. The Bertz CT molecular complexity index is 761. The van der Waals surface area contributed by atoms with E-state index in [2.05, 4.69) is 10.2 Å². The summed E-state index contributed by atoms with van der Waals surface area (Å²) in [6.45, 7) is 3.69. The van der Waals surface area contributed by atoms with Gasteiger partial charge in [-0.1, -0.05) is 12.1 Å². The van der Waals surface area contributed by atoms with Gasteiger partial charge in [-0.2, -0.15) is 5.10 Å². The lowest BCUT2D eigenvalue weighted by atomic mass is 10.1. The minimum absolute atomic E-state index is 0.0363. The molecule has 1 aliphatic rings.